The summed E-state index contributed by atoms with van der Waals surface area (Å²) in [5.74, 6) is 2.08. The molecule has 0 unspecified atom stereocenters. The first-order chi connectivity index (χ1) is 6.45. The number of rotatable bonds is 3. The first-order valence-corrected chi connectivity index (χ1v) is 5.88. The van der Waals surface area contributed by atoms with E-state index in [1.165, 1.54) is 6.42 Å². The molecule has 1 aliphatic carbocycles. The van der Waals surface area contributed by atoms with Crippen LogP contribution < -0.4 is 0 Å². The molecule has 1 rings (SSSR count). The van der Waals surface area contributed by atoms with Gasteiger partial charge in [0.15, 0.2) is 0 Å². The van der Waals surface area contributed by atoms with Crippen molar-refractivity contribution in [1.82, 2.24) is 0 Å². The molecule has 84 valence electrons. The van der Waals surface area contributed by atoms with Crippen molar-refractivity contribution in [2.75, 3.05) is 0 Å². The van der Waals surface area contributed by atoms with Gasteiger partial charge in [0.05, 0.1) is 0 Å². The van der Waals surface area contributed by atoms with Crippen molar-refractivity contribution in [3.63, 3.8) is 0 Å². The molecule has 0 nitrogen and oxygen atoms in total. The summed E-state index contributed by atoms with van der Waals surface area (Å²) in [6.07, 6.45) is 3.63. The van der Waals surface area contributed by atoms with E-state index in [0.717, 1.165) is 0 Å². The van der Waals surface area contributed by atoms with Gasteiger partial charge in [0.1, 0.15) is 0 Å². The summed E-state index contributed by atoms with van der Waals surface area (Å²) in [6, 6.07) is 0. The Labute approximate surface area is 139 Å². The van der Waals surface area contributed by atoms with Crippen LogP contribution in [0, 0.1) is 17.8 Å². The third-order valence-corrected chi connectivity index (χ3v) is 3.10. The molecule has 0 fully saturated rings. The Balaban J connectivity index is -0.000000653. The number of hydrogen-bond acceptors (Lipinski definition) is 0. The average Bonchev–Trinajstić information content (AvgIpc) is 2.46. The van der Waals surface area contributed by atoms with Crippen LogP contribution in [0.15, 0.2) is 22.8 Å². The van der Waals surface area contributed by atoms with Gasteiger partial charge >= 0.3 is 48.9 Å². The van der Waals surface area contributed by atoms with E-state index in [1.807, 2.05) is 0 Å². The summed E-state index contributed by atoms with van der Waals surface area (Å²) in [5, 5.41) is 0. The minimum absolute atomic E-state index is 0. The average molecular weight is 332 g/mol. The maximum Gasteiger partial charge on any atom is 2.00 e. The first-order valence-electron chi connectivity index (χ1n) is 5.88. The van der Waals surface area contributed by atoms with E-state index in [9.17, 15) is 0 Å². The third kappa shape index (κ3) is 3.78. The van der Waals surface area contributed by atoms with Crippen molar-refractivity contribution in [3.05, 3.63) is 22.8 Å². The van der Waals surface area contributed by atoms with Gasteiger partial charge < -0.3 is 2.85 Å². The number of allylic oxidation sites excluding steroid dienone is 4. The van der Waals surface area contributed by atoms with Crippen molar-refractivity contribution >= 4 is 48.9 Å². The third-order valence-electron chi connectivity index (χ3n) is 3.10. The molecule has 1 aliphatic rings. The molecule has 0 spiro atoms. The van der Waals surface area contributed by atoms with Crippen molar-refractivity contribution in [2.45, 2.75) is 48.0 Å². The zero-order valence-corrected chi connectivity index (χ0v) is 15.7. The molecule has 15 heavy (non-hydrogen) atoms. The zero-order chi connectivity index (χ0) is 10.9. The molecule has 0 aromatic heterocycles. The van der Waals surface area contributed by atoms with Crippen LogP contribution in [0.5, 0.6) is 0 Å². The van der Waals surface area contributed by atoms with Crippen molar-refractivity contribution in [1.29, 1.82) is 0 Å². The predicted octanol–water partition coefficient (Wildman–Crippen LogP) is 4.43. The van der Waals surface area contributed by atoms with Crippen LogP contribution in [-0.2, 0) is 0 Å². The second-order valence-electron chi connectivity index (χ2n) is 5.27. The van der Waals surface area contributed by atoms with Gasteiger partial charge in [-0.3, -0.25) is 0 Å². The minimum Gasteiger partial charge on any atom is -1.00 e. The van der Waals surface area contributed by atoms with Crippen molar-refractivity contribution in [3.8, 4) is 0 Å². The molecule has 0 bridgehead atoms. The van der Waals surface area contributed by atoms with E-state index in [4.69, 9.17) is 0 Å². The normalized spacial score (nSPS) is 16.5. The van der Waals surface area contributed by atoms with E-state index in [-0.39, 0.29) is 51.7 Å². The largest absolute Gasteiger partial charge is 2.00 e. The Morgan fingerprint density at radius 3 is 1.80 bits per heavy atom. The molecular formula is C14H26Ba. The van der Waals surface area contributed by atoms with Crippen LogP contribution in [-0.4, -0.2) is 48.9 Å². The van der Waals surface area contributed by atoms with E-state index in [2.05, 4.69) is 47.6 Å². The Hall–Kier alpha value is 1.05. The molecule has 1 heteroatoms. The molecule has 0 atom stereocenters. The van der Waals surface area contributed by atoms with Crippen molar-refractivity contribution in [2.24, 2.45) is 17.8 Å². The van der Waals surface area contributed by atoms with Gasteiger partial charge in [-0.05, 0) is 35.3 Å². The van der Waals surface area contributed by atoms with E-state index in [0.29, 0.717) is 17.8 Å². The fourth-order valence-electron chi connectivity index (χ4n) is 2.42. The molecule has 0 aromatic rings. The summed E-state index contributed by atoms with van der Waals surface area (Å²) >= 11 is 0. The van der Waals surface area contributed by atoms with E-state index < -0.39 is 0 Å². The number of hydrogen-bond donors (Lipinski definition) is 0. The topological polar surface area (TPSA) is 0 Å². The van der Waals surface area contributed by atoms with Gasteiger partial charge in [-0.2, -0.15) is 0 Å². The fraction of sp³-hybridized carbons (Fsp3) is 0.714. The van der Waals surface area contributed by atoms with Gasteiger partial charge in [0, 0.05) is 0 Å². The molecular weight excluding hydrogens is 305 g/mol. The molecule has 0 aliphatic heterocycles. The van der Waals surface area contributed by atoms with Gasteiger partial charge in [-0.25, -0.2) is 0 Å². The van der Waals surface area contributed by atoms with Gasteiger partial charge in [0.2, 0.25) is 0 Å². The fourth-order valence-corrected chi connectivity index (χ4v) is 2.42. The van der Waals surface area contributed by atoms with Crippen LogP contribution in [0.25, 0.3) is 0 Å². The minimum atomic E-state index is 0. The van der Waals surface area contributed by atoms with Crippen LogP contribution in [0.2, 0.25) is 0 Å². The smallest absolute Gasteiger partial charge is 1.00 e. The summed E-state index contributed by atoms with van der Waals surface area (Å²) in [5.41, 5.74) is 4.92. The Kier molecular flexibility index (Phi) is 7.18. The van der Waals surface area contributed by atoms with Crippen LogP contribution in [0.4, 0.5) is 0 Å². The monoisotopic (exact) mass is 332 g/mol. The van der Waals surface area contributed by atoms with Crippen molar-refractivity contribution < 1.29 is 2.85 Å². The first kappa shape index (κ1) is 16.1. The Morgan fingerprint density at radius 1 is 0.933 bits per heavy atom. The maximum atomic E-state index is 2.44. The molecule has 0 heterocycles. The second-order valence-corrected chi connectivity index (χ2v) is 5.27. The van der Waals surface area contributed by atoms with E-state index >= 15 is 0 Å². The molecule has 0 saturated carbocycles. The molecule has 0 N–H and O–H groups in total. The molecule has 0 radical (unpaired) electrons. The molecule has 0 aromatic carbocycles. The van der Waals surface area contributed by atoms with Gasteiger partial charge in [0.25, 0.3) is 0 Å². The van der Waals surface area contributed by atoms with Gasteiger partial charge in [-0.15, -0.1) is 0 Å². The molecule has 0 amide bonds. The quantitative estimate of drug-likeness (QED) is 0.671. The summed E-state index contributed by atoms with van der Waals surface area (Å²) in [6.45, 7) is 13.9. The predicted molar refractivity (Wildman–Crippen MR) is 72.2 cm³/mol. The van der Waals surface area contributed by atoms with Crippen LogP contribution >= 0.6 is 0 Å². The SMILES string of the molecule is CC(C)C1=CCC(C(C)C)=C1C(C)C.[Ba+2].[H-].[H-]. The second kappa shape index (κ2) is 6.71. The Bertz CT molecular complexity index is 276. The zero-order valence-electron chi connectivity index (χ0n) is 13.2. The summed E-state index contributed by atoms with van der Waals surface area (Å²) < 4.78 is 0. The standard InChI is InChI=1S/C14H24.Ba.2H/c1-9(2)12-7-8-13(10(3)4)14(12)11(5)6;;;/h7,9-11H,8H2,1-6H3;;;/q;+2;2*-1. The maximum absolute atomic E-state index is 2.44. The summed E-state index contributed by atoms with van der Waals surface area (Å²) in [4.78, 5) is 0. The van der Waals surface area contributed by atoms with Gasteiger partial charge in [-0.1, -0.05) is 53.2 Å². The van der Waals surface area contributed by atoms with Crippen LogP contribution in [0.3, 0.4) is 0 Å². The van der Waals surface area contributed by atoms with E-state index in [1.54, 1.807) is 16.7 Å². The van der Waals surface area contributed by atoms with Crippen LogP contribution in [0.1, 0.15) is 50.8 Å². The molecule has 0 saturated heterocycles. The summed E-state index contributed by atoms with van der Waals surface area (Å²) in [7, 11) is 0. The Morgan fingerprint density at radius 2 is 1.47 bits per heavy atom.